The van der Waals surface area contributed by atoms with E-state index < -0.39 is 6.10 Å². The number of carbonyl (C=O) groups is 1. The first-order valence-corrected chi connectivity index (χ1v) is 5.86. The maximum absolute atomic E-state index is 11.0. The molecule has 0 fully saturated rings. The summed E-state index contributed by atoms with van der Waals surface area (Å²) < 4.78 is 1.57. The van der Waals surface area contributed by atoms with Gasteiger partial charge in [-0.1, -0.05) is 26.0 Å². The number of hydrogen-bond acceptors (Lipinski definition) is 5. The van der Waals surface area contributed by atoms with Gasteiger partial charge in [-0.25, -0.2) is 4.68 Å². The molecule has 1 heterocycles. The second kappa shape index (κ2) is 5.92. The molecule has 7 nitrogen and oxygen atoms in total. The maximum Gasteiger partial charge on any atom is 0.234 e. The Labute approximate surface area is 106 Å². The Morgan fingerprint density at radius 1 is 1.61 bits per heavy atom. The molecule has 1 atom stereocenters. The molecule has 102 valence electrons. The van der Waals surface area contributed by atoms with Crippen molar-refractivity contribution in [2.45, 2.75) is 40.0 Å². The zero-order chi connectivity index (χ0) is 13.8. The van der Waals surface area contributed by atoms with Gasteiger partial charge in [-0.3, -0.25) is 4.79 Å². The molecule has 0 aliphatic heterocycles. The van der Waals surface area contributed by atoms with E-state index >= 15 is 0 Å². The molecule has 0 aliphatic carbocycles. The summed E-state index contributed by atoms with van der Waals surface area (Å²) in [5.74, 6) is -0.237. The van der Waals surface area contributed by atoms with E-state index in [1.54, 1.807) is 10.9 Å². The molecular formula is C11H21N5O2. The fourth-order valence-electron chi connectivity index (χ4n) is 1.22. The molecule has 0 saturated heterocycles. The van der Waals surface area contributed by atoms with E-state index in [9.17, 15) is 9.90 Å². The number of nitrogens with zero attached hydrogens (tertiary/aromatic N) is 3. The van der Waals surface area contributed by atoms with E-state index in [4.69, 9.17) is 5.73 Å². The van der Waals surface area contributed by atoms with E-state index in [1.165, 1.54) is 0 Å². The minimum Gasteiger partial charge on any atom is -0.391 e. The lowest BCUT2D eigenvalue weighted by atomic mass is 9.89. The highest BCUT2D eigenvalue weighted by atomic mass is 16.3. The second-order valence-corrected chi connectivity index (χ2v) is 5.29. The van der Waals surface area contributed by atoms with Crippen LogP contribution in [0.15, 0.2) is 6.20 Å². The van der Waals surface area contributed by atoms with Crippen LogP contribution in [0.4, 0.5) is 0 Å². The van der Waals surface area contributed by atoms with Crippen LogP contribution in [-0.2, 0) is 17.9 Å². The average molecular weight is 255 g/mol. The van der Waals surface area contributed by atoms with Crippen LogP contribution >= 0.6 is 0 Å². The third kappa shape index (κ3) is 4.42. The van der Waals surface area contributed by atoms with Crippen molar-refractivity contribution < 1.29 is 9.90 Å². The predicted octanol–water partition coefficient (Wildman–Crippen LogP) is -0.740. The Balaban J connectivity index is 2.51. The van der Waals surface area contributed by atoms with Gasteiger partial charge in [-0.2, -0.15) is 0 Å². The van der Waals surface area contributed by atoms with Crippen LogP contribution in [0.5, 0.6) is 0 Å². The molecule has 0 aromatic carbocycles. The van der Waals surface area contributed by atoms with Gasteiger partial charge in [0.05, 0.1) is 31.9 Å². The minimum atomic E-state index is -0.509. The zero-order valence-corrected chi connectivity index (χ0v) is 11.1. The Kier molecular flexibility index (Phi) is 4.80. The first-order chi connectivity index (χ1) is 8.32. The van der Waals surface area contributed by atoms with Crippen LogP contribution in [0.2, 0.25) is 0 Å². The molecular weight excluding hydrogens is 234 g/mol. The third-order valence-corrected chi connectivity index (χ3v) is 2.60. The number of hydrogen-bond donors (Lipinski definition) is 3. The van der Waals surface area contributed by atoms with Gasteiger partial charge in [0.1, 0.15) is 5.69 Å². The molecule has 7 heteroatoms. The van der Waals surface area contributed by atoms with Crippen LogP contribution in [0.25, 0.3) is 0 Å². The minimum absolute atomic E-state index is 0.0448. The normalized spacial score (nSPS) is 13.4. The topological polar surface area (TPSA) is 106 Å². The molecule has 0 saturated carbocycles. The lowest BCUT2D eigenvalue weighted by Crippen LogP contribution is -2.31. The number of rotatable bonds is 5. The van der Waals surface area contributed by atoms with Crippen LogP contribution in [0.3, 0.4) is 0 Å². The van der Waals surface area contributed by atoms with Gasteiger partial charge in [0.15, 0.2) is 0 Å². The first-order valence-electron chi connectivity index (χ1n) is 5.86. The Hall–Kier alpha value is -1.47. The van der Waals surface area contributed by atoms with E-state index in [0.717, 1.165) is 0 Å². The highest BCUT2D eigenvalue weighted by Crippen LogP contribution is 2.19. The van der Waals surface area contributed by atoms with Crippen LogP contribution in [0.1, 0.15) is 26.5 Å². The van der Waals surface area contributed by atoms with Crippen molar-refractivity contribution in [3.8, 4) is 0 Å². The number of aliphatic hydroxyl groups is 1. The molecule has 0 bridgehead atoms. The third-order valence-electron chi connectivity index (χ3n) is 2.60. The fourth-order valence-corrected chi connectivity index (χ4v) is 1.22. The Bertz CT molecular complexity index is 396. The number of aromatic nitrogens is 3. The van der Waals surface area contributed by atoms with Crippen molar-refractivity contribution in [1.82, 2.24) is 20.3 Å². The number of nitrogens with one attached hydrogen (secondary N) is 1. The Morgan fingerprint density at radius 2 is 2.28 bits per heavy atom. The average Bonchev–Trinajstić information content (AvgIpc) is 2.72. The van der Waals surface area contributed by atoms with E-state index in [1.807, 2.05) is 20.8 Å². The largest absolute Gasteiger partial charge is 0.391 e. The summed E-state index contributed by atoms with van der Waals surface area (Å²) in [5.41, 5.74) is 5.60. The number of nitrogens with two attached hydrogens (primary N) is 1. The smallest absolute Gasteiger partial charge is 0.234 e. The van der Waals surface area contributed by atoms with Crippen molar-refractivity contribution in [1.29, 1.82) is 0 Å². The molecule has 1 unspecified atom stereocenters. The highest BCUT2D eigenvalue weighted by Gasteiger charge is 2.22. The van der Waals surface area contributed by atoms with Crippen molar-refractivity contribution >= 4 is 5.91 Å². The van der Waals surface area contributed by atoms with Crippen LogP contribution < -0.4 is 11.1 Å². The molecule has 1 aromatic rings. The van der Waals surface area contributed by atoms with E-state index in [0.29, 0.717) is 18.8 Å². The maximum atomic E-state index is 11.0. The van der Waals surface area contributed by atoms with Crippen molar-refractivity contribution in [2.75, 3.05) is 6.54 Å². The lowest BCUT2D eigenvalue weighted by molar-refractivity contribution is -0.119. The van der Waals surface area contributed by atoms with Gasteiger partial charge in [0.25, 0.3) is 0 Å². The van der Waals surface area contributed by atoms with Gasteiger partial charge in [-0.05, 0) is 5.41 Å². The monoisotopic (exact) mass is 255 g/mol. The van der Waals surface area contributed by atoms with Gasteiger partial charge >= 0.3 is 0 Å². The van der Waals surface area contributed by atoms with Gasteiger partial charge in [0, 0.05) is 0 Å². The second-order valence-electron chi connectivity index (χ2n) is 5.29. The molecule has 1 aromatic heterocycles. The summed E-state index contributed by atoms with van der Waals surface area (Å²) in [6.45, 7) is 6.49. The summed E-state index contributed by atoms with van der Waals surface area (Å²) in [4.78, 5) is 11.0. The summed E-state index contributed by atoms with van der Waals surface area (Å²) >= 11 is 0. The van der Waals surface area contributed by atoms with E-state index in [2.05, 4.69) is 15.6 Å². The Morgan fingerprint density at radius 3 is 2.83 bits per heavy atom. The summed E-state index contributed by atoms with van der Waals surface area (Å²) in [5, 5.41) is 20.3. The predicted molar refractivity (Wildman–Crippen MR) is 66.4 cm³/mol. The summed E-state index contributed by atoms with van der Waals surface area (Å²) in [6.07, 6.45) is 1.19. The first kappa shape index (κ1) is 14.6. The van der Waals surface area contributed by atoms with Gasteiger partial charge < -0.3 is 16.2 Å². The van der Waals surface area contributed by atoms with Gasteiger partial charge in [0.2, 0.25) is 5.91 Å². The molecule has 1 rings (SSSR count). The zero-order valence-electron chi connectivity index (χ0n) is 11.1. The summed E-state index contributed by atoms with van der Waals surface area (Å²) in [6, 6.07) is 0. The van der Waals surface area contributed by atoms with Crippen LogP contribution in [0, 0.1) is 5.41 Å². The van der Waals surface area contributed by atoms with Crippen LogP contribution in [-0.4, -0.2) is 38.7 Å². The SMILES string of the molecule is CC(C)(C)C(O)Cn1cc(CNC(=O)CN)nn1. The van der Waals surface area contributed by atoms with Crippen molar-refractivity contribution in [3.63, 3.8) is 0 Å². The summed E-state index contributed by atoms with van der Waals surface area (Å²) in [7, 11) is 0. The molecule has 0 aliphatic rings. The lowest BCUT2D eigenvalue weighted by Gasteiger charge is -2.25. The number of carbonyl (C=O) groups excluding carboxylic acids is 1. The molecule has 0 radical (unpaired) electrons. The quantitative estimate of drug-likeness (QED) is 0.642. The van der Waals surface area contributed by atoms with E-state index in [-0.39, 0.29) is 17.9 Å². The molecule has 1 amide bonds. The molecule has 4 N–H and O–H groups in total. The van der Waals surface area contributed by atoms with Gasteiger partial charge in [-0.15, -0.1) is 5.10 Å². The standard InChI is InChI=1S/C11H21N5O2/c1-11(2,3)9(17)7-16-6-8(14-15-16)5-13-10(18)4-12/h6,9,17H,4-5,7,12H2,1-3H3,(H,13,18). The highest BCUT2D eigenvalue weighted by molar-refractivity contribution is 5.77. The number of aliphatic hydroxyl groups excluding tert-OH is 1. The fraction of sp³-hybridized carbons (Fsp3) is 0.727. The number of amides is 1. The van der Waals surface area contributed by atoms with Crippen molar-refractivity contribution in [3.05, 3.63) is 11.9 Å². The molecule has 0 spiro atoms. The molecule has 18 heavy (non-hydrogen) atoms. The van der Waals surface area contributed by atoms with Crippen molar-refractivity contribution in [2.24, 2.45) is 11.1 Å².